The van der Waals surface area contributed by atoms with Gasteiger partial charge < -0.3 is 9.73 Å². The molecule has 1 aliphatic rings. The van der Waals surface area contributed by atoms with E-state index in [0.717, 1.165) is 17.3 Å². The van der Waals surface area contributed by atoms with E-state index in [-0.39, 0.29) is 0 Å². The minimum Gasteiger partial charge on any atom is -0.459 e. The summed E-state index contributed by atoms with van der Waals surface area (Å²) in [5, 5.41) is 4.75. The topological polar surface area (TPSA) is 25.2 Å². The number of rotatable bonds is 4. The molecule has 1 N–H and O–H groups in total. The Labute approximate surface area is 127 Å². The van der Waals surface area contributed by atoms with Crippen LogP contribution >= 0.6 is 0 Å². The van der Waals surface area contributed by atoms with Crippen LogP contribution in [0.25, 0.3) is 11.0 Å². The van der Waals surface area contributed by atoms with E-state index in [2.05, 4.69) is 50.5 Å². The summed E-state index contributed by atoms with van der Waals surface area (Å²) in [6.45, 7) is 4.45. The van der Waals surface area contributed by atoms with Gasteiger partial charge in [0.05, 0.1) is 6.04 Å². The van der Waals surface area contributed by atoms with Gasteiger partial charge >= 0.3 is 0 Å². The van der Waals surface area contributed by atoms with E-state index in [9.17, 15) is 0 Å². The van der Waals surface area contributed by atoms with Gasteiger partial charge in [-0.2, -0.15) is 0 Å². The highest BCUT2D eigenvalue weighted by molar-refractivity contribution is 5.81. The van der Waals surface area contributed by atoms with Gasteiger partial charge in [0.25, 0.3) is 0 Å². The number of fused-ring (bicyclic) bond motifs is 1. The summed E-state index contributed by atoms with van der Waals surface area (Å²) in [4.78, 5) is 0. The fourth-order valence-electron chi connectivity index (χ4n) is 4.00. The van der Waals surface area contributed by atoms with Crippen molar-refractivity contribution < 1.29 is 4.42 Å². The molecule has 0 spiro atoms. The predicted molar refractivity (Wildman–Crippen MR) is 88.5 cm³/mol. The van der Waals surface area contributed by atoms with Crippen LogP contribution in [0.5, 0.6) is 0 Å². The van der Waals surface area contributed by atoms with Gasteiger partial charge in [0.15, 0.2) is 0 Å². The van der Waals surface area contributed by atoms with E-state index in [1.165, 1.54) is 43.1 Å². The Balaban J connectivity index is 1.89. The summed E-state index contributed by atoms with van der Waals surface area (Å²) < 4.78 is 6.21. The highest BCUT2D eigenvalue weighted by Gasteiger charge is 2.30. The van der Waals surface area contributed by atoms with E-state index >= 15 is 0 Å². The van der Waals surface area contributed by atoms with Crippen LogP contribution in [-0.2, 0) is 0 Å². The lowest BCUT2D eigenvalue weighted by molar-refractivity contribution is 0.201. The van der Waals surface area contributed by atoms with E-state index in [1.807, 2.05) is 0 Å². The van der Waals surface area contributed by atoms with Gasteiger partial charge in [-0.05, 0) is 50.3 Å². The molecule has 0 bridgehead atoms. The van der Waals surface area contributed by atoms with Crippen molar-refractivity contribution in [2.45, 2.75) is 52.0 Å². The third kappa shape index (κ3) is 2.87. The first kappa shape index (κ1) is 14.6. The summed E-state index contributed by atoms with van der Waals surface area (Å²) in [6.07, 6.45) is 6.73. The maximum atomic E-state index is 6.21. The van der Waals surface area contributed by atoms with Crippen LogP contribution in [0.4, 0.5) is 0 Å². The van der Waals surface area contributed by atoms with Crippen molar-refractivity contribution in [2.24, 2.45) is 11.8 Å². The molecule has 2 nitrogen and oxygen atoms in total. The van der Waals surface area contributed by atoms with E-state index in [0.29, 0.717) is 12.0 Å². The molecule has 0 saturated heterocycles. The first-order chi connectivity index (χ1) is 10.2. The van der Waals surface area contributed by atoms with Crippen LogP contribution < -0.4 is 5.32 Å². The van der Waals surface area contributed by atoms with Crippen LogP contribution in [0.15, 0.2) is 28.7 Å². The van der Waals surface area contributed by atoms with Crippen LogP contribution in [0.3, 0.4) is 0 Å². The van der Waals surface area contributed by atoms with Gasteiger partial charge in [0.2, 0.25) is 0 Å². The van der Waals surface area contributed by atoms with Gasteiger partial charge in [-0.25, -0.2) is 0 Å². The zero-order valence-electron chi connectivity index (χ0n) is 13.5. The van der Waals surface area contributed by atoms with Gasteiger partial charge in [-0.3, -0.25) is 0 Å². The third-order valence-electron chi connectivity index (χ3n) is 5.25. The van der Waals surface area contributed by atoms with Crippen molar-refractivity contribution in [1.29, 1.82) is 0 Å². The van der Waals surface area contributed by atoms with Gasteiger partial charge in [0, 0.05) is 5.39 Å². The Morgan fingerprint density at radius 3 is 2.90 bits per heavy atom. The maximum Gasteiger partial charge on any atom is 0.137 e. The summed E-state index contributed by atoms with van der Waals surface area (Å²) in [5.74, 6) is 2.71. The van der Waals surface area contributed by atoms with Gasteiger partial charge in [-0.1, -0.05) is 44.4 Å². The van der Waals surface area contributed by atoms with Crippen LogP contribution in [0.2, 0.25) is 0 Å². The highest BCUT2D eigenvalue weighted by Crippen LogP contribution is 2.39. The quantitative estimate of drug-likeness (QED) is 0.833. The average Bonchev–Trinajstić information content (AvgIpc) is 2.93. The Hall–Kier alpha value is -1.28. The summed E-state index contributed by atoms with van der Waals surface area (Å²) in [7, 11) is 2.07. The molecule has 1 heterocycles. The third-order valence-corrected chi connectivity index (χ3v) is 5.25. The second-order valence-electron chi connectivity index (χ2n) is 6.61. The second-order valence-corrected chi connectivity index (χ2v) is 6.61. The minimum atomic E-state index is 0.353. The SMILES string of the molecule is CCC1CCCC(C(NC)c2cc3cccc(C)c3o2)C1. The number of furan rings is 1. The standard InChI is InChI=1S/C19H27NO/c1-4-14-8-6-9-15(11-14)18(20-3)17-12-16-10-5-7-13(2)19(16)21-17/h5,7,10,12,14-15,18,20H,4,6,8-9,11H2,1-3H3. The molecule has 1 aliphatic carbocycles. The minimum absolute atomic E-state index is 0.353. The molecule has 3 rings (SSSR count). The molecular weight excluding hydrogens is 258 g/mol. The number of nitrogens with one attached hydrogen (secondary N) is 1. The maximum absolute atomic E-state index is 6.21. The molecule has 3 unspecified atom stereocenters. The summed E-state index contributed by atoms with van der Waals surface area (Å²) in [6, 6.07) is 8.97. The number of benzene rings is 1. The molecule has 21 heavy (non-hydrogen) atoms. The van der Waals surface area contributed by atoms with E-state index in [1.54, 1.807) is 0 Å². The van der Waals surface area contributed by atoms with Crippen LogP contribution in [0, 0.1) is 18.8 Å². The van der Waals surface area contributed by atoms with Crippen molar-refractivity contribution in [2.75, 3.05) is 7.05 Å². The first-order valence-corrected chi connectivity index (χ1v) is 8.39. The molecule has 2 aromatic rings. The van der Waals surface area contributed by atoms with Crippen LogP contribution in [0.1, 0.15) is 56.4 Å². The zero-order valence-corrected chi connectivity index (χ0v) is 13.5. The van der Waals surface area contributed by atoms with Crippen molar-refractivity contribution >= 4 is 11.0 Å². The normalized spacial score (nSPS) is 24.3. The van der Waals surface area contributed by atoms with E-state index < -0.39 is 0 Å². The Morgan fingerprint density at radius 2 is 2.19 bits per heavy atom. The van der Waals surface area contributed by atoms with Crippen LogP contribution in [-0.4, -0.2) is 7.05 Å². The van der Waals surface area contributed by atoms with Crippen molar-refractivity contribution in [3.63, 3.8) is 0 Å². The molecule has 0 amide bonds. The Bertz CT molecular complexity index is 601. The lowest BCUT2D eigenvalue weighted by atomic mass is 9.76. The molecule has 2 heteroatoms. The number of aryl methyl sites for hydroxylation is 1. The second kappa shape index (κ2) is 6.23. The molecule has 1 saturated carbocycles. The van der Waals surface area contributed by atoms with Crippen molar-refractivity contribution in [3.05, 3.63) is 35.6 Å². The Morgan fingerprint density at radius 1 is 1.33 bits per heavy atom. The molecule has 114 valence electrons. The number of hydrogen-bond acceptors (Lipinski definition) is 2. The molecule has 0 aliphatic heterocycles. The first-order valence-electron chi connectivity index (χ1n) is 8.39. The van der Waals surface area contributed by atoms with E-state index in [4.69, 9.17) is 4.42 Å². The lowest BCUT2D eigenvalue weighted by Crippen LogP contribution is -2.29. The molecule has 0 radical (unpaired) electrons. The molecule has 3 atom stereocenters. The Kier molecular flexibility index (Phi) is 4.34. The molecular formula is C19H27NO. The van der Waals surface area contributed by atoms with Crippen molar-refractivity contribution in [1.82, 2.24) is 5.32 Å². The summed E-state index contributed by atoms with van der Waals surface area (Å²) >= 11 is 0. The smallest absolute Gasteiger partial charge is 0.137 e. The monoisotopic (exact) mass is 285 g/mol. The average molecular weight is 285 g/mol. The molecule has 1 fully saturated rings. The molecule has 1 aromatic heterocycles. The number of hydrogen-bond donors (Lipinski definition) is 1. The zero-order chi connectivity index (χ0) is 14.8. The largest absolute Gasteiger partial charge is 0.459 e. The van der Waals surface area contributed by atoms with Gasteiger partial charge in [0.1, 0.15) is 11.3 Å². The predicted octanol–water partition coefficient (Wildman–Crippen LogP) is 5.22. The fraction of sp³-hybridized carbons (Fsp3) is 0.579. The molecule has 1 aromatic carbocycles. The van der Waals surface area contributed by atoms with Crippen molar-refractivity contribution in [3.8, 4) is 0 Å². The fourth-order valence-corrected chi connectivity index (χ4v) is 4.00. The highest BCUT2D eigenvalue weighted by atomic mass is 16.3. The lowest BCUT2D eigenvalue weighted by Gasteiger charge is -2.33. The van der Waals surface area contributed by atoms with Gasteiger partial charge in [-0.15, -0.1) is 0 Å². The number of para-hydroxylation sites is 1. The summed E-state index contributed by atoms with van der Waals surface area (Å²) in [5.41, 5.74) is 2.28.